The molecule has 1 fully saturated rings. The Morgan fingerprint density at radius 2 is 1.81 bits per heavy atom. The number of alkyl halides is 3. The second-order valence-electron chi connectivity index (χ2n) is 6.33. The fourth-order valence-corrected chi connectivity index (χ4v) is 3.05. The van der Waals surface area contributed by atoms with Gasteiger partial charge in [-0.15, -0.1) is 0 Å². The predicted molar refractivity (Wildman–Crippen MR) is 89.9 cm³/mol. The van der Waals surface area contributed by atoms with E-state index in [1.807, 2.05) is 0 Å². The molecule has 26 heavy (non-hydrogen) atoms. The van der Waals surface area contributed by atoms with E-state index in [1.54, 1.807) is 29.2 Å². The van der Waals surface area contributed by atoms with Crippen LogP contribution in [0.25, 0.3) is 11.3 Å². The maximum atomic E-state index is 13.1. The highest BCUT2D eigenvalue weighted by molar-refractivity contribution is 5.76. The third-order valence-electron chi connectivity index (χ3n) is 4.46. The number of benzene rings is 1. The molecule has 0 saturated carbocycles. The summed E-state index contributed by atoms with van der Waals surface area (Å²) in [4.78, 5) is 17.4. The second-order valence-corrected chi connectivity index (χ2v) is 6.33. The van der Waals surface area contributed by atoms with Gasteiger partial charge >= 0.3 is 6.18 Å². The zero-order valence-electron chi connectivity index (χ0n) is 14.1. The minimum Gasteiger partial charge on any atom is -0.392 e. The zero-order chi connectivity index (χ0) is 18.7. The number of nitrogens with zero attached hydrogens (tertiary/aromatic N) is 2. The Hall–Kier alpha value is -2.41. The number of hydrogen-bond donors (Lipinski definition) is 1. The van der Waals surface area contributed by atoms with Crippen LogP contribution >= 0.6 is 0 Å². The zero-order valence-corrected chi connectivity index (χ0v) is 14.1. The third-order valence-corrected chi connectivity index (χ3v) is 4.46. The van der Waals surface area contributed by atoms with Gasteiger partial charge < -0.3 is 10.0 Å². The highest BCUT2D eigenvalue weighted by atomic mass is 19.4. The molecule has 4 nitrogen and oxygen atoms in total. The molecule has 2 heterocycles. The first-order valence-electron chi connectivity index (χ1n) is 8.43. The van der Waals surface area contributed by atoms with Crippen LogP contribution in [0, 0.1) is 0 Å². The lowest BCUT2D eigenvalue weighted by Gasteiger charge is -2.26. The molecule has 0 radical (unpaired) electrons. The van der Waals surface area contributed by atoms with Crippen LogP contribution in [0.2, 0.25) is 0 Å². The molecule has 1 amide bonds. The molecule has 0 spiro atoms. The quantitative estimate of drug-likeness (QED) is 0.899. The minimum absolute atomic E-state index is 0.136. The summed E-state index contributed by atoms with van der Waals surface area (Å²) in [5, 5.41) is 9.08. The smallest absolute Gasteiger partial charge is 0.392 e. The fraction of sp³-hybridized carbons (Fsp3) is 0.368. The number of rotatable bonds is 4. The number of aromatic nitrogens is 1. The summed E-state index contributed by atoms with van der Waals surface area (Å²) >= 11 is 0. The van der Waals surface area contributed by atoms with Crippen molar-refractivity contribution in [2.75, 3.05) is 6.54 Å². The van der Waals surface area contributed by atoms with Crippen molar-refractivity contribution in [2.45, 2.75) is 38.6 Å². The Balaban J connectivity index is 1.81. The van der Waals surface area contributed by atoms with Crippen LogP contribution in [-0.2, 0) is 24.1 Å². The van der Waals surface area contributed by atoms with Crippen molar-refractivity contribution in [3.05, 3.63) is 53.2 Å². The van der Waals surface area contributed by atoms with Crippen molar-refractivity contribution < 1.29 is 23.1 Å². The number of aliphatic hydroxyl groups excluding tert-OH is 1. The molecule has 2 aromatic rings. The summed E-state index contributed by atoms with van der Waals surface area (Å²) in [5.41, 5.74) is 0.345. The summed E-state index contributed by atoms with van der Waals surface area (Å²) in [6.45, 7) is 0.522. The number of aliphatic hydroxyl groups is 1. The molecule has 3 rings (SSSR count). The molecule has 1 N–H and O–H groups in total. The number of amides is 1. The number of hydrogen-bond acceptors (Lipinski definition) is 3. The van der Waals surface area contributed by atoms with E-state index in [0.717, 1.165) is 24.9 Å². The Kier molecular flexibility index (Phi) is 5.27. The average Bonchev–Trinajstić information content (AvgIpc) is 2.63. The molecule has 7 heteroatoms. The van der Waals surface area contributed by atoms with Gasteiger partial charge in [0.1, 0.15) is 0 Å². The summed E-state index contributed by atoms with van der Waals surface area (Å²) in [6, 6.07) is 9.70. The number of halogens is 3. The number of carbonyl (C=O) groups excluding carboxylic acids is 1. The van der Waals surface area contributed by atoms with E-state index in [0.29, 0.717) is 18.5 Å². The van der Waals surface area contributed by atoms with Crippen LogP contribution in [0.5, 0.6) is 0 Å². The van der Waals surface area contributed by atoms with Gasteiger partial charge in [-0.3, -0.25) is 4.79 Å². The monoisotopic (exact) mass is 364 g/mol. The van der Waals surface area contributed by atoms with Gasteiger partial charge in [0.05, 0.1) is 12.3 Å². The van der Waals surface area contributed by atoms with Gasteiger partial charge in [-0.05, 0) is 24.5 Å². The first kappa shape index (κ1) is 18.4. The molecule has 138 valence electrons. The highest BCUT2D eigenvalue weighted by Gasteiger charge is 2.35. The lowest BCUT2D eigenvalue weighted by molar-refractivity contribution is -0.142. The predicted octanol–water partition coefficient (Wildman–Crippen LogP) is 3.77. The van der Waals surface area contributed by atoms with Crippen LogP contribution in [-0.4, -0.2) is 27.4 Å². The molecule has 1 saturated heterocycles. The van der Waals surface area contributed by atoms with E-state index in [1.165, 1.54) is 12.1 Å². The number of pyridine rings is 1. The van der Waals surface area contributed by atoms with Crippen molar-refractivity contribution in [3.8, 4) is 11.3 Å². The average molecular weight is 364 g/mol. The van der Waals surface area contributed by atoms with E-state index < -0.39 is 18.5 Å². The van der Waals surface area contributed by atoms with Crippen LogP contribution in [0.4, 0.5) is 13.2 Å². The summed E-state index contributed by atoms with van der Waals surface area (Å²) in [6.07, 6.45) is -2.14. The first-order valence-corrected chi connectivity index (χ1v) is 8.43. The van der Waals surface area contributed by atoms with Crippen molar-refractivity contribution >= 4 is 5.91 Å². The Bertz CT molecular complexity index is 788. The van der Waals surface area contributed by atoms with Crippen molar-refractivity contribution in [1.82, 2.24) is 9.88 Å². The highest BCUT2D eigenvalue weighted by Crippen LogP contribution is 2.32. The number of piperidine rings is 1. The largest absolute Gasteiger partial charge is 0.433 e. The molecule has 1 aromatic heterocycles. The molecule has 0 unspecified atom stereocenters. The van der Waals surface area contributed by atoms with E-state index in [4.69, 9.17) is 5.11 Å². The topological polar surface area (TPSA) is 53.4 Å². The van der Waals surface area contributed by atoms with Gasteiger partial charge in [-0.25, -0.2) is 4.98 Å². The van der Waals surface area contributed by atoms with Gasteiger partial charge in [0.2, 0.25) is 5.91 Å². The minimum atomic E-state index is -4.62. The fourth-order valence-electron chi connectivity index (χ4n) is 3.05. The van der Waals surface area contributed by atoms with Crippen LogP contribution in [0.15, 0.2) is 36.4 Å². The lowest BCUT2D eigenvalue weighted by Crippen LogP contribution is -2.34. The molecule has 1 aliphatic rings. The molecular weight excluding hydrogens is 345 g/mol. The standard InChI is InChI=1S/C19H19F3N2O2/c20-19(21,22)18-15(12-25)8-9-16(23-18)14-6-4-13(5-7-14)11-24-10-2-1-3-17(24)26/h4-9,25H,1-3,10-12H2. The SMILES string of the molecule is O=C1CCCCN1Cc1ccc(-c2ccc(CO)c(C(F)(F)F)n2)cc1. The van der Waals surface area contributed by atoms with Gasteiger partial charge in [-0.1, -0.05) is 30.3 Å². The van der Waals surface area contributed by atoms with Crippen LogP contribution < -0.4 is 0 Å². The Morgan fingerprint density at radius 3 is 2.42 bits per heavy atom. The van der Waals surface area contributed by atoms with Crippen molar-refractivity contribution in [2.24, 2.45) is 0 Å². The van der Waals surface area contributed by atoms with Gasteiger partial charge in [0.25, 0.3) is 0 Å². The third kappa shape index (κ3) is 4.04. The maximum absolute atomic E-state index is 13.1. The second kappa shape index (κ2) is 7.45. The van der Waals surface area contributed by atoms with Crippen LogP contribution in [0.3, 0.4) is 0 Å². The molecule has 1 aliphatic heterocycles. The van der Waals surface area contributed by atoms with Crippen molar-refractivity contribution in [3.63, 3.8) is 0 Å². The molecule has 1 aromatic carbocycles. The van der Waals surface area contributed by atoms with Crippen molar-refractivity contribution in [1.29, 1.82) is 0 Å². The normalized spacial score (nSPS) is 15.4. The Labute approximate surface area is 149 Å². The van der Waals surface area contributed by atoms with Gasteiger partial charge in [-0.2, -0.15) is 13.2 Å². The first-order chi connectivity index (χ1) is 12.4. The van der Waals surface area contributed by atoms with E-state index >= 15 is 0 Å². The summed E-state index contributed by atoms with van der Waals surface area (Å²) in [7, 11) is 0. The lowest BCUT2D eigenvalue weighted by atomic mass is 10.0. The molecule has 0 atom stereocenters. The summed E-state index contributed by atoms with van der Waals surface area (Å²) in [5.74, 6) is 0.136. The molecule has 0 aliphatic carbocycles. The van der Waals surface area contributed by atoms with Gasteiger partial charge in [0.15, 0.2) is 5.69 Å². The van der Waals surface area contributed by atoms with Crippen LogP contribution in [0.1, 0.15) is 36.1 Å². The molecule has 0 bridgehead atoms. The molecular formula is C19H19F3N2O2. The van der Waals surface area contributed by atoms with Gasteiger partial charge in [0, 0.05) is 30.6 Å². The summed E-state index contributed by atoms with van der Waals surface area (Å²) < 4.78 is 39.2. The van der Waals surface area contributed by atoms with E-state index in [-0.39, 0.29) is 17.2 Å². The maximum Gasteiger partial charge on any atom is 0.433 e. The number of likely N-dealkylation sites (tertiary alicyclic amines) is 1. The van der Waals surface area contributed by atoms with E-state index in [2.05, 4.69) is 4.98 Å². The number of carbonyl (C=O) groups is 1. The van der Waals surface area contributed by atoms with E-state index in [9.17, 15) is 18.0 Å². The Morgan fingerprint density at radius 1 is 1.08 bits per heavy atom.